The third-order valence-corrected chi connectivity index (χ3v) is 5.03. The Balaban J connectivity index is 1.95. The van der Waals surface area contributed by atoms with Crippen molar-refractivity contribution in [1.82, 2.24) is 4.90 Å². The van der Waals surface area contributed by atoms with E-state index in [-0.39, 0.29) is 16.6 Å². The maximum absolute atomic E-state index is 12.6. The second kappa shape index (κ2) is 6.73. The lowest BCUT2D eigenvalue weighted by atomic mass is 9.84. The number of rotatable bonds is 4. The van der Waals surface area contributed by atoms with Gasteiger partial charge in [0.1, 0.15) is 5.75 Å². The van der Waals surface area contributed by atoms with Crippen LogP contribution in [-0.4, -0.2) is 36.3 Å². The Hall–Kier alpha value is -1.16. The molecule has 4 heteroatoms. The van der Waals surface area contributed by atoms with Crippen LogP contribution in [0.1, 0.15) is 33.6 Å². The fourth-order valence-corrected chi connectivity index (χ4v) is 3.73. The van der Waals surface area contributed by atoms with Crippen molar-refractivity contribution < 1.29 is 9.53 Å². The molecule has 1 amide bonds. The maximum atomic E-state index is 12.6. The van der Waals surface area contributed by atoms with Gasteiger partial charge in [0.15, 0.2) is 0 Å². The topological polar surface area (TPSA) is 29.5 Å². The Labute approximate surface area is 132 Å². The summed E-state index contributed by atoms with van der Waals surface area (Å²) in [5.41, 5.74) is 0.248. The molecular formula is C17H25NO2S. The molecule has 0 saturated carbocycles. The largest absolute Gasteiger partial charge is 0.497 e. The summed E-state index contributed by atoms with van der Waals surface area (Å²) in [6, 6.07) is 7.88. The molecule has 116 valence electrons. The van der Waals surface area contributed by atoms with Crippen LogP contribution < -0.4 is 4.74 Å². The van der Waals surface area contributed by atoms with E-state index < -0.39 is 0 Å². The van der Waals surface area contributed by atoms with Gasteiger partial charge in [-0.05, 0) is 49.4 Å². The second-order valence-electron chi connectivity index (χ2n) is 6.46. The van der Waals surface area contributed by atoms with Crippen LogP contribution in [-0.2, 0) is 4.79 Å². The van der Waals surface area contributed by atoms with E-state index in [1.165, 1.54) is 6.42 Å². The van der Waals surface area contributed by atoms with Crippen molar-refractivity contribution in [3.63, 3.8) is 0 Å². The molecule has 1 saturated heterocycles. The Bertz CT molecular complexity index is 484. The molecule has 1 fully saturated rings. The summed E-state index contributed by atoms with van der Waals surface area (Å²) in [4.78, 5) is 15.7. The van der Waals surface area contributed by atoms with Gasteiger partial charge in [0.05, 0.1) is 12.4 Å². The molecule has 1 aromatic rings. The van der Waals surface area contributed by atoms with Crippen LogP contribution in [0, 0.1) is 5.41 Å². The number of hydrogen-bond donors (Lipinski definition) is 0. The first-order valence-electron chi connectivity index (χ1n) is 7.51. The zero-order valence-corrected chi connectivity index (χ0v) is 14.2. The van der Waals surface area contributed by atoms with Gasteiger partial charge in [-0.1, -0.05) is 13.8 Å². The zero-order chi connectivity index (χ0) is 15.5. The normalized spacial score (nSPS) is 19.1. The van der Waals surface area contributed by atoms with Gasteiger partial charge >= 0.3 is 0 Å². The zero-order valence-electron chi connectivity index (χ0n) is 13.4. The molecule has 0 aliphatic carbocycles. The Morgan fingerprint density at radius 3 is 2.57 bits per heavy atom. The molecule has 0 spiro atoms. The molecule has 3 nitrogen and oxygen atoms in total. The summed E-state index contributed by atoms with van der Waals surface area (Å²) in [6.45, 7) is 8.26. The number of nitrogens with zero attached hydrogens (tertiary/aromatic N) is 1. The molecule has 1 unspecified atom stereocenters. The van der Waals surface area contributed by atoms with Crippen LogP contribution in [0.15, 0.2) is 29.2 Å². The summed E-state index contributed by atoms with van der Waals surface area (Å²) in [5.74, 6) is 1.10. The summed E-state index contributed by atoms with van der Waals surface area (Å²) in [6.07, 6.45) is 2.31. The Morgan fingerprint density at radius 1 is 1.33 bits per heavy atom. The second-order valence-corrected chi connectivity index (χ2v) is 7.88. The molecule has 0 N–H and O–H groups in total. The van der Waals surface area contributed by atoms with Gasteiger partial charge in [0, 0.05) is 18.0 Å². The van der Waals surface area contributed by atoms with E-state index >= 15 is 0 Å². The standard InChI is InChI=1S/C17H25NO2S/c1-13(21-15-8-6-14(20-4)7-9-15)16(19)18-11-5-10-17(2,3)12-18/h6-9,13H,5,10-12H2,1-4H3. The van der Waals surface area contributed by atoms with Crippen molar-refractivity contribution in [3.05, 3.63) is 24.3 Å². The van der Waals surface area contributed by atoms with Gasteiger partial charge in [-0.15, -0.1) is 11.8 Å². The van der Waals surface area contributed by atoms with Crippen molar-refractivity contribution in [1.29, 1.82) is 0 Å². The van der Waals surface area contributed by atoms with Crippen LogP contribution in [0.25, 0.3) is 0 Å². The molecule has 1 heterocycles. The van der Waals surface area contributed by atoms with E-state index in [1.807, 2.05) is 36.1 Å². The molecule has 1 aliphatic heterocycles. The number of ether oxygens (including phenoxy) is 1. The average Bonchev–Trinajstić information content (AvgIpc) is 2.46. The highest BCUT2D eigenvalue weighted by Gasteiger charge is 2.31. The third kappa shape index (κ3) is 4.40. The summed E-state index contributed by atoms with van der Waals surface area (Å²) in [7, 11) is 1.66. The number of hydrogen-bond acceptors (Lipinski definition) is 3. The van der Waals surface area contributed by atoms with Crippen molar-refractivity contribution >= 4 is 17.7 Å². The summed E-state index contributed by atoms with van der Waals surface area (Å²) in [5, 5.41) is -0.0488. The van der Waals surface area contributed by atoms with Crippen LogP contribution in [0.5, 0.6) is 5.75 Å². The minimum absolute atomic E-state index is 0.0488. The van der Waals surface area contributed by atoms with Crippen LogP contribution in [0.4, 0.5) is 0 Å². The van der Waals surface area contributed by atoms with Crippen LogP contribution in [0.3, 0.4) is 0 Å². The molecule has 21 heavy (non-hydrogen) atoms. The van der Waals surface area contributed by atoms with Gasteiger partial charge in [-0.25, -0.2) is 0 Å². The lowest BCUT2D eigenvalue weighted by Gasteiger charge is -2.39. The van der Waals surface area contributed by atoms with Gasteiger partial charge in [0.25, 0.3) is 0 Å². The average molecular weight is 307 g/mol. The highest BCUT2D eigenvalue weighted by Crippen LogP contribution is 2.31. The van der Waals surface area contributed by atoms with Gasteiger partial charge in [-0.2, -0.15) is 0 Å². The fourth-order valence-electron chi connectivity index (χ4n) is 2.78. The summed E-state index contributed by atoms with van der Waals surface area (Å²) >= 11 is 1.62. The number of likely N-dealkylation sites (tertiary alicyclic amines) is 1. The number of methoxy groups -OCH3 is 1. The fraction of sp³-hybridized carbons (Fsp3) is 0.588. The van der Waals surface area contributed by atoms with Gasteiger partial charge in [-0.3, -0.25) is 4.79 Å². The molecular weight excluding hydrogens is 282 g/mol. The van der Waals surface area contributed by atoms with E-state index in [9.17, 15) is 4.79 Å². The molecule has 0 radical (unpaired) electrons. The van der Waals surface area contributed by atoms with E-state index in [0.29, 0.717) is 0 Å². The van der Waals surface area contributed by atoms with E-state index in [2.05, 4.69) is 13.8 Å². The van der Waals surface area contributed by atoms with E-state index in [4.69, 9.17) is 4.74 Å². The highest BCUT2D eigenvalue weighted by molar-refractivity contribution is 8.00. The van der Waals surface area contributed by atoms with E-state index in [0.717, 1.165) is 30.2 Å². The molecule has 2 rings (SSSR count). The molecule has 1 aromatic carbocycles. The number of piperidine rings is 1. The first-order valence-corrected chi connectivity index (χ1v) is 8.39. The SMILES string of the molecule is COc1ccc(SC(C)C(=O)N2CCCC(C)(C)C2)cc1. The highest BCUT2D eigenvalue weighted by atomic mass is 32.2. The Kier molecular flexibility index (Phi) is 5.20. The lowest BCUT2D eigenvalue weighted by molar-refractivity contribution is -0.133. The quantitative estimate of drug-likeness (QED) is 0.792. The van der Waals surface area contributed by atoms with Crippen LogP contribution >= 0.6 is 11.8 Å². The van der Waals surface area contributed by atoms with Gasteiger partial charge in [0.2, 0.25) is 5.91 Å². The molecule has 0 aromatic heterocycles. The Morgan fingerprint density at radius 2 is 2.00 bits per heavy atom. The number of carbonyl (C=O) groups excluding carboxylic acids is 1. The summed E-state index contributed by atoms with van der Waals surface area (Å²) < 4.78 is 5.16. The van der Waals surface area contributed by atoms with Crippen molar-refractivity contribution in [2.24, 2.45) is 5.41 Å². The van der Waals surface area contributed by atoms with Gasteiger partial charge < -0.3 is 9.64 Å². The van der Waals surface area contributed by atoms with E-state index in [1.54, 1.807) is 18.9 Å². The van der Waals surface area contributed by atoms with Crippen molar-refractivity contribution in [3.8, 4) is 5.75 Å². The molecule has 1 atom stereocenters. The lowest BCUT2D eigenvalue weighted by Crippen LogP contribution is -2.46. The number of carbonyl (C=O) groups is 1. The van der Waals surface area contributed by atoms with Crippen molar-refractivity contribution in [2.75, 3.05) is 20.2 Å². The third-order valence-electron chi connectivity index (χ3n) is 3.93. The first kappa shape index (κ1) is 16.2. The minimum atomic E-state index is -0.0488. The smallest absolute Gasteiger partial charge is 0.235 e. The molecule has 0 bridgehead atoms. The van der Waals surface area contributed by atoms with Crippen molar-refractivity contribution in [2.45, 2.75) is 43.8 Å². The number of amides is 1. The predicted octanol–water partition coefficient (Wildman–Crippen LogP) is 3.82. The predicted molar refractivity (Wildman–Crippen MR) is 87.9 cm³/mol. The van der Waals surface area contributed by atoms with Crippen LogP contribution in [0.2, 0.25) is 0 Å². The number of thioether (sulfide) groups is 1. The number of benzene rings is 1. The molecule has 1 aliphatic rings. The maximum Gasteiger partial charge on any atom is 0.235 e. The first-order chi connectivity index (χ1) is 9.91. The minimum Gasteiger partial charge on any atom is -0.497 e. The monoisotopic (exact) mass is 307 g/mol.